The van der Waals surface area contributed by atoms with Crippen molar-refractivity contribution in [2.75, 3.05) is 26.2 Å². The van der Waals surface area contributed by atoms with Crippen molar-refractivity contribution >= 4 is 0 Å². The molecule has 0 amide bonds. The van der Waals surface area contributed by atoms with Crippen LogP contribution in [0.2, 0.25) is 0 Å². The van der Waals surface area contributed by atoms with Crippen LogP contribution >= 0.6 is 0 Å². The minimum absolute atomic E-state index is 1.37. The molecule has 1 nitrogen and oxygen atoms in total. The molecule has 0 aromatic rings. The Morgan fingerprint density at radius 3 is 0.737 bits per heavy atom. The average molecular weight is 535 g/mol. The molecule has 1 aliphatic heterocycles. The van der Waals surface area contributed by atoms with Crippen LogP contribution in [0.15, 0.2) is 0 Å². The van der Waals surface area contributed by atoms with E-state index in [1.54, 1.807) is 0 Å². The first-order valence-corrected chi connectivity index (χ1v) is 18.7. The molecule has 1 fully saturated rings. The van der Waals surface area contributed by atoms with E-state index >= 15 is 0 Å². The first kappa shape index (κ1) is 36.0. The van der Waals surface area contributed by atoms with Crippen LogP contribution < -0.4 is 0 Å². The molecule has 0 N–H and O–H groups in total. The van der Waals surface area contributed by atoms with Gasteiger partial charge >= 0.3 is 0 Å². The molecule has 1 rings (SSSR count). The second-order valence-corrected chi connectivity index (χ2v) is 13.5. The van der Waals surface area contributed by atoms with E-state index in [-0.39, 0.29) is 0 Å². The fourth-order valence-corrected chi connectivity index (χ4v) is 7.03. The van der Waals surface area contributed by atoms with Crippen LogP contribution in [-0.2, 0) is 0 Å². The summed E-state index contributed by atoms with van der Waals surface area (Å²) in [6.07, 6.45) is 45.9. The number of likely N-dealkylation sites (tertiary alicyclic amines) is 1. The van der Waals surface area contributed by atoms with Crippen molar-refractivity contribution in [3.8, 4) is 0 Å². The summed E-state index contributed by atoms with van der Waals surface area (Å²) in [5, 5.41) is 0. The lowest BCUT2D eigenvalue weighted by atomic mass is 10.0. The lowest BCUT2D eigenvalue weighted by molar-refractivity contribution is -0.917. The number of quaternary nitrogens is 1. The second kappa shape index (κ2) is 28.5. The zero-order valence-electron chi connectivity index (χ0n) is 27.2. The lowest BCUT2D eigenvalue weighted by Gasteiger charge is -2.34. The Morgan fingerprint density at radius 2 is 0.500 bits per heavy atom. The molecule has 1 heterocycles. The predicted octanol–water partition coefficient (Wildman–Crippen LogP) is 12.9. The maximum absolute atomic E-state index is 2.31. The molecule has 0 atom stereocenters. The van der Waals surface area contributed by atoms with Gasteiger partial charge < -0.3 is 4.48 Å². The van der Waals surface area contributed by atoms with Crippen LogP contribution in [-0.4, -0.2) is 30.7 Å². The monoisotopic (exact) mass is 535 g/mol. The smallest absolute Gasteiger partial charge is 0.0788 e. The summed E-state index contributed by atoms with van der Waals surface area (Å²) in [4.78, 5) is 0. The molecule has 38 heavy (non-hydrogen) atoms. The Bertz CT molecular complexity index is 438. The molecule has 0 unspecified atom stereocenters. The van der Waals surface area contributed by atoms with Crippen LogP contribution in [0.1, 0.15) is 213 Å². The van der Waals surface area contributed by atoms with Gasteiger partial charge in [-0.1, -0.05) is 174 Å². The normalized spacial score (nSPS) is 15.0. The summed E-state index contributed by atoms with van der Waals surface area (Å²) in [6.45, 7) is 10.6. The first-order chi connectivity index (χ1) is 18.8. The highest BCUT2D eigenvalue weighted by Gasteiger charge is 2.30. The van der Waals surface area contributed by atoms with Crippen molar-refractivity contribution in [1.82, 2.24) is 0 Å². The van der Waals surface area contributed by atoms with Gasteiger partial charge in [-0.15, -0.1) is 0 Å². The summed E-state index contributed by atoms with van der Waals surface area (Å²) < 4.78 is 1.50. The van der Waals surface area contributed by atoms with Gasteiger partial charge in [-0.25, -0.2) is 0 Å². The summed E-state index contributed by atoms with van der Waals surface area (Å²) in [5.41, 5.74) is 0. The zero-order valence-corrected chi connectivity index (χ0v) is 27.2. The number of hydrogen-bond acceptors (Lipinski definition) is 0. The van der Waals surface area contributed by atoms with E-state index < -0.39 is 0 Å². The van der Waals surface area contributed by atoms with Crippen LogP contribution in [0.5, 0.6) is 0 Å². The first-order valence-electron chi connectivity index (χ1n) is 18.7. The number of hydrogen-bond donors (Lipinski definition) is 0. The van der Waals surface area contributed by atoms with Crippen molar-refractivity contribution in [2.24, 2.45) is 0 Å². The Balaban J connectivity index is 1.87. The van der Waals surface area contributed by atoms with Gasteiger partial charge in [-0.3, -0.25) is 0 Å². The number of unbranched alkanes of at least 4 members (excludes halogenated alkanes) is 27. The fraction of sp³-hybridized carbons (Fsp3) is 1.00. The predicted molar refractivity (Wildman–Crippen MR) is 174 cm³/mol. The highest BCUT2D eigenvalue weighted by atomic mass is 15.4. The molecule has 0 aromatic carbocycles. The van der Waals surface area contributed by atoms with Crippen molar-refractivity contribution in [2.45, 2.75) is 213 Å². The third-order valence-electron chi connectivity index (χ3n) is 9.74. The van der Waals surface area contributed by atoms with Crippen molar-refractivity contribution in [3.63, 3.8) is 0 Å². The number of nitrogens with zero attached hydrogens (tertiary/aromatic N) is 1. The van der Waals surface area contributed by atoms with Gasteiger partial charge in [-0.2, -0.15) is 0 Å². The molecule has 0 aromatic heterocycles. The third-order valence-corrected chi connectivity index (χ3v) is 9.74. The molecule has 0 aliphatic carbocycles. The van der Waals surface area contributed by atoms with E-state index in [1.165, 1.54) is 230 Å². The van der Waals surface area contributed by atoms with Crippen LogP contribution in [0.25, 0.3) is 0 Å². The van der Waals surface area contributed by atoms with E-state index in [1.807, 2.05) is 0 Å². The van der Waals surface area contributed by atoms with Gasteiger partial charge in [0.05, 0.1) is 26.2 Å². The van der Waals surface area contributed by atoms with E-state index in [4.69, 9.17) is 0 Å². The minimum atomic E-state index is 1.37. The van der Waals surface area contributed by atoms with Crippen LogP contribution in [0.3, 0.4) is 0 Å². The summed E-state index contributed by atoms with van der Waals surface area (Å²) >= 11 is 0. The summed E-state index contributed by atoms with van der Waals surface area (Å²) in [7, 11) is 0. The standard InChI is InChI=1S/C37H76N/c1-3-5-7-9-11-13-15-17-19-21-23-25-27-29-31-35-38(36-32-33-37-38)34-30-28-26-24-22-20-18-16-14-12-10-8-6-4-2/h3-37H2,1-2H3/q+1. The molecular formula is C37H76N+. The van der Waals surface area contributed by atoms with E-state index in [9.17, 15) is 0 Å². The summed E-state index contributed by atoms with van der Waals surface area (Å²) in [5.74, 6) is 0. The minimum Gasteiger partial charge on any atom is -0.324 e. The van der Waals surface area contributed by atoms with Gasteiger partial charge in [0, 0.05) is 12.8 Å². The Hall–Kier alpha value is -0.0400. The highest BCUT2D eigenvalue weighted by molar-refractivity contribution is 4.58. The quantitative estimate of drug-likeness (QED) is 0.0612. The van der Waals surface area contributed by atoms with E-state index in [2.05, 4.69) is 13.8 Å². The molecule has 1 saturated heterocycles. The van der Waals surface area contributed by atoms with Crippen molar-refractivity contribution in [1.29, 1.82) is 0 Å². The average Bonchev–Trinajstić information content (AvgIpc) is 3.40. The van der Waals surface area contributed by atoms with Crippen molar-refractivity contribution < 1.29 is 4.48 Å². The molecule has 0 radical (unpaired) electrons. The molecule has 1 heteroatoms. The summed E-state index contributed by atoms with van der Waals surface area (Å²) in [6, 6.07) is 0. The van der Waals surface area contributed by atoms with Crippen molar-refractivity contribution in [3.05, 3.63) is 0 Å². The lowest BCUT2D eigenvalue weighted by Crippen LogP contribution is -2.46. The van der Waals surface area contributed by atoms with Gasteiger partial charge in [0.25, 0.3) is 0 Å². The zero-order chi connectivity index (χ0) is 27.2. The van der Waals surface area contributed by atoms with Gasteiger partial charge in [0.1, 0.15) is 0 Å². The second-order valence-electron chi connectivity index (χ2n) is 13.5. The maximum Gasteiger partial charge on any atom is 0.0788 e. The Labute approximate surface area is 243 Å². The van der Waals surface area contributed by atoms with Crippen LogP contribution in [0, 0.1) is 0 Å². The SMILES string of the molecule is CCCCCCCCCCCCCCCCC[N+]1(CCCCCCCCCCCCCCCC)CCCC1. The van der Waals surface area contributed by atoms with Gasteiger partial charge in [0.2, 0.25) is 0 Å². The topological polar surface area (TPSA) is 0 Å². The third kappa shape index (κ3) is 22.7. The Kier molecular flexibility index (Phi) is 27.0. The molecule has 0 bridgehead atoms. The van der Waals surface area contributed by atoms with E-state index in [0.717, 1.165) is 0 Å². The molecular weight excluding hydrogens is 458 g/mol. The van der Waals surface area contributed by atoms with Crippen LogP contribution in [0.4, 0.5) is 0 Å². The molecule has 228 valence electrons. The fourth-order valence-electron chi connectivity index (χ4n) is 7.03. The Morgan fingerprint density at radius 1 is 0.289 bits per heavy atom. The largest absolute Gasteiger partial charge is 0.324 e. The maximum atomic E-state index is 2.31. The molecule has 0 saturated carbocycles. The number of rotatable bonds is 31. The van der Waals surface area contributed by atoms with Gasteiger partial charge in [-0.05, 0) is 25.7 Å². The highest BCUT2D eigenvalue weighted by Crippen LogP contribution is 2.23. The molecule has 0 spiro atoms. The van der Waals surface area contributed by atoms with Gasteiger partial charge in [0.15, 0.2) is 0 Å². The van der Waals surface area contributed by atoms with E-state index in [0.29, 0.717) is 0 Å². The molecule has 1 aliphatic rings.